The van der Waals surface area contributed by atoms with Crippen molar-refractivity contribution in [3.63, 3.8) is 0 Å². The predicted octanol–water partition coefficient (Wildman–Crippen LogP) is 6.03. The van der Waals surface area contributed by atoms with Crippen molar-refractivity contribution in [1.29, 1.82) is 0 Å². The largest absolute Gasteiger partial charge is 0.497 e. The Morgan fingerprint density at radius 1 is 0.952 bits per heavy atom. The average molecular weight is 630 g/mol. The van der Waals surface area contributed by atoms with Crippen LogP contribution in [-0.2, 0) is 22.5 Å². The number of carbonyl (C=O) groups is 1. The first kappa shape index (κ1) is 29.4. The highest BCUT2D eigenvalue weighted by Gasteiger charge is 2.53. The Bertz CT molecular complexity index is 1510. The Hall–Kier alpha value is -4.14. The number of nitrogens with zero attached hydrogens (tertiary/aromatic N) is 1. The van der Waals surface area contributed by atoms with E-state index < -0.39 is 11.6 Å². The van der Waals surface area contributed by atoms with Crippen LogP contribution in [0.1, 0.15) is 34.8 Å². The summed E-state index contributed by atoms with van der Waals surface area (Å²) in [5.74, 6) is 1.59. The summed E-state index contributed by atoms with van der Waals surface area (Å²) >= 11 is 3.67. The van der Waals surface area contributed by atoms with Crippen LogP contribution in [0.5, 0.6) is 11.5 Å². The lowest BCUT2D eigenvalue weighted by molar-refractivity contribution is -0.129. The summed E-state index contributed by atoms with van der Waals surface area (Å²) in [7, 11) is 1.62. The van der Waals surface area contributed by atoms with E-state index >= 15 is 0 Å². The van der Waals surface area contributed by atoms with Crippen molar-refractivity contribution in [1.82, 2.24) is 5.32 Å². The molecule has 1 aliphatic heterocycles. The lowest BCUT2D eigenvalue weighted by Crippen LogP contribution is -2.49. The maximum absolute atomic E-state index is 14.4. The monoisotopic (exact) mass is 628 g/mol. The number of rotatable bonds is 12. The molecule has 216 valence electrons. The minimum Gasteiger partial charge on any atom is -0.497 e. The zero-order valence-electron chi connectivity index (χ0n) is 23.3. The molecular weight excluding hydrogens is 596 g/mol. The molecule has 0 spiro atoms. The van der Waals surface area contributed by atoms with Crippen molar-refractivity contribution in [3.05, 3.63) is 130 Å². The van der Waals surface area contributed by atoms with Crippen LogP contribution in [0.2, 0.25) is 0 Å². The van der Waals surface area contributed by atoms with Crippen LogP contribution in [0.3, 0.4) is 0 Å². The van der Waals surface area contributed by atoms with Gasteiger partial charge in [0.25, 0.3) is 5.91 Å². The highest BCUT2D eigenvalue weighted by molar-refractivity contribution is 9.10. The molecule has 8 heteroatoms. The van der Waals surface area contributed by atoms with E-state index in [1.54, 1.807) is 7.11 Å². The molecule has 0 bridgehead atoms. The number of hydrogen-bond acceptors (Lipinski definition) is 6. The molecule has 0 saturated carbocycles. The minimum atomic E-state index is -1.29. The van der Waals surface area contributed by atoms with Gasteiger partial charge in [0, 0.05) is 36.0 Å². The molecule has 0 saturated heterocycles. The van der Waals surface area contributed by atoms with Crippen molar-refractivity contribution in [2.75, 3.05) is 20.3 Å². The fraction of sp³-hybridized carbons (Fsp3) is 0.235. The number of methoxy groups -OCH3 is 1. The van der Waals surface area contributed by atoms with Gasteiger partial charge >= 0.3 is 0 Å². The van der Waals surface area contributed by atoms with E-state index in [0.29, 0.717) is 37.6 Å². The SMILES string of the molecule is COc1ccc(CNC(=O)[C@]2(Cc3ccccc3Br)N=C(c3ccc(OCCCO)cc3)O[C@@H]2c2ccccc2)cc1. The van der Waals surface area contributed by atoms with Crippen molar-refractivity contribution < 1.29 is 24.1 Å². The lowest BCUT2D eigenvalue weighted by atomic mass is 9.82. The van der Waals surface area contributed by atoms with E-state index in [0.717, 1.165) is 32.5 Å². The first-order valence-corrected chi connectivity index (χ1v) is 14.6. The van der Waals surface area contributed by atoms with Crippen LogP contribution in [0.15, 0.2) is 113 Å². The van der Waals surface area contributed by atoms with Gasteiger partial charge in [-0.15, -0.1) is 0 Å². The maximum Gasteiger partial charge on any atom is 0.252 e. The molecule has 0 radical (unpaired) electrons. The summed E-state index contributed by atoms with van der Waals surface area (Å²) in [6, 6.07) is 32.6. The Morgan fingerprint density at radius 2 is 1.64 bits per heavy atom. The third kappa shape index (κ3) is 6.66. The van der Waals surface area contributed by atoms with Gasteiger partial charge < -0.3 is 24.6 Å². The molecule has 2 N–H and O–H groups in total. The molecule has 4 aromatic carbocycles. The molecule has 1 aliphatic rings. The highest BCUT2D eigenvalue weighted by Crippen LogP contribution is 2.43. The Kier molecular flexibility index (Phi) is 9.56. The number of halogens is 1. The standard InChI is InChI=1S/C34H33BrN2O5/c1-40-28-16-12-24(13-17-28)23-36-33(39)34(22-27-10-5-6-11-30(27)35)31(25-8-3-2-4-9-25)42-32(37-34)26-14-18-29(19-15-26)41-21-7-20-38/h2-6,8-19,31,38H,7,20-23H2,1H3,(H,36,39)/t31-,34-/m1/s1. The summed E-state index contributed by atoms with van der Waals surface area (Å²) < 4.78 is 18.5. The maximum atomic E-state index is 14.4. The number of nitrogens with one attached hydrogen (secondary N) is 1. The summed E-state index contributed by atoms with van der Waals surface area (Å²) in [5.41, 5.74) is 2.19. The van der Waals surface area contributed by atoms with Crippen LogP contribution >= 0.6 is 15.9 Å². The number of carbonyl (C=O) groups excluding carboxylic acids is 1. The third-order valence-electron chi connectivity index (χ3n) is 7.16. The van der Waals surface area contributed by atoms with Gasteiger partial charge in [0.05, 0.1) is 13.7 Å². The van der Waals surface area contributed by atoms with Crippen LogP contribution in [0.25, 0.3) is 0 Å². The van der Waals surface area contributed by atoms with Gasteiger partial charge in [-0.3, -0.25) is 4.79 Å². The molecule has 0 fully saturated rings. The normalized spacial score (nSPS) is 17.7. The van der Waals surface area contributed by atoms with Gasteiger partial charge in [0.1, 0.15) is 11.5 Å². The quantitative estimate of drug-likeness (QED) is 0.187. The average Bonchev–Trinajstić information content (AvgIpc) is 3.42. The first-order chi connectivity index (χ1) is 20.5. The van der Waals surface area contributed by atoms with Crippen molar-refractivity contribution in [2.24, 2.45) is 4.99 Å². The van der Waals surface area contributed by atoms with E-state index in [1.807, 2.05) is 103 Å². The molecule has 4 aromatic rings. The smallest absolute Gasteiger partial charge is 0.252 e. The number of benzene rings is 4. The van der Waals surface area contributed by atoms with Crippen molar-refractivity contribution in [3.8, 4) is 11.5 Å². The number of ether oxygens (including phenoxy) is 3. The van der Waals surface area contributed by atoms with Gasteiger partial charge in [-0.25, -0.2) is 4.99 Å². The molecule has 0 unspecified atom stereocenters. The lowest BCUT2D eigenvalue weighted by Gasteiger charge is -2.31. The van der Waals surface area contributed by atoms with Gasteiger partial charge in [-0.05, 0) is 59.2 Å². The fourth-order valence-electron chi connectivity index (χ4n) is 4.92. The topological polar surface area (TPSA) is 89.4 Å². The molecule has 1 amide bonds. The number of aliphatic hydroxyl groups excluding tert-OH is 1. The van der Waals surface area contributed by atoms with Gasteiger partial charge in [-0.1, -0.05) is 76.6 Å². The van der Waals surface area contributed by atoms with Gasteiger partial charge in [0.15, 0.2) is 11.6 Å². The molecule has 1 heterocycles. The highest BCUT2D eigenvalue weighted by atomic mass is 79.9. The molecule has 7 nitrogen and oxygen atoms in total. The van der Waals surface area contributed by atoms with E-state index in [1.165, 1.54) is 0 Å². The second-order valence-corrected chi connectivity index (χ2v) is 10.9. The second kappa shape index (κ2) is 13.7. The first-order valence-electron chi connectivity index (χ1n) is 13.8. The Labute approximate surface area is 254 Å². The number of hydrogen-bond donors (Lipinski definition) is 2. The van der Waals surface area contributed by atoms with Crippen LogP contribution in [0, 0.1) is 0 Å². The number of aliphatic hydroxyl groups is 1. The number of aliphatic imine (C=N–C) groups is 1. The van der Waals surface area contributed by atoms with E-state index in [4.69, 9.17) is 24.3 Å². The van der Waals surface area contributed by atoms with E-state index in [2.05, 4.69) is 21.2 Å². The van der Waals surface area contributed by atoms with Gasteiger partial charge in [0.2, 0.25) is 5.90 Å². The van der Waals surface area contributed by atoms with E-state index in [-0.39, 0.29) is 12.5 Å². The molecule has 42 heavy (non-hydrogen) atoms. The molecule has 0 aromatic heterocycles. The summed E-state index contributed by atoms with van der Waals surface area (Å²) in [6.07, 6.45) is 0.200. The summed E-state index contributed by atoms with van der Waals surface area (Å²) in [4.78, 5) is 19.5. The predicted molar refractivity (Wildman–Crippen MR) is 166 cm³/mol. The van der Waals surface area contributed by atoms with Crippen LogP contribution < -0.4 is 14.8 Å². The van der Waals surface area contributed by atoms with E-state index in [9.17, 15) is 4.79 Å². The van der Waals surface area contributed by atoms with Crippen molar-refractivity contribution >= 4 is 27.7 Å². The second-order valence-electron chi connectivity index (χ2n) is 10.00. The molecule has 2 atom stereocenters. The fourth-order valence-corrected chi connectivity index (χ4v) is 5.35. The Balaban J connectivity index is 1.53. The summed E-state index contributed by atoms with van der Waals surface area (Å²) in [6.45, 7) is 0.823. The molecule has 5 rings (SSSR count). The molecular formula is C34H33BrN2O5. The zero-order valence-corrected chi connectivity index (χ0v) is 24.9. The zero-order chi connectivity index (χ0) is 29.4. The minimum absolute atomic E-state index is 0.0732. The van der Waals surface area contributed by atoms with Crippen LogP contribution in [0.4, 0.5) is 0 Å². The summed E-state index contributed by atoms with van der Waals surface area (Å²) in [5, 5.41) is 12.2. The third-order valence-corrected chi connectivity index (χ3v) is 7.94. The Morgan fingerprint density at radius 3 is 2.33 bits per heavy atom. The van der Waals surface area contributed by atoms with Gasteiger partial charge in [-0.2, -0.15) is 0 Å². The van der Waals surface area contributed by atoms with Crippen LogP contribution in [-0.4, -0.2) is 42.8 Å². The van der Waals surface area contributed by atoms with Crippen molar-refractivity contribution in [2.45, 2.75) is 31.0 Å². The number of amides is 1. The molecule has 0 aliphatic carbocycles.